The fraction of sp³-hybridized carbons (Fsp3) is 0.238. The minimum absolute atomic E-state index is 0.0292. The van der Waals surface area contributed by atoms with Gasteiger partial charge in [0, 0.05) is 12.1 Å². The fourth-order valence-corrected chi connectivity index (χ4v) is 3.69. The number of phenolic OH excluding ortho intramolecular Hbond substituents is 1. The van der Waals surface area contributed by atoms with Crippen LogP contribution in [0.2, 0.25) is 0 Å². The Morgan fingerprint density at radius 3 is 2.90 bits per heavy atom. The molecule has 1 aliphatic heterocycles. The molecule has 1 atom stereocenters. The monoisotopic (exact) mass is 426 g/mol. The molecule has 1 fully saturated rings. The van der Waals surface area contributed by atoms with E-state index in [1.807, 2.05) is 32.0 Å². The van der Waals surface area contributed by atoms with Crippen LogP contribution in [0, 0.1) is 13.8 Å². The lowest BCUT2D eigenvalue weighted by Crippen LogP contribution is -2.28. The topological polar surface area (TPSA) is 112 Å². The van der Waals surface area contributed by atoms with E-state index in [1.54, 1.807) is 12.1 Å². The molecule has 9 heteroatoms. The van der Waals surface area contributed by atoms with Crippen LogP contribution >= 0.6 is 11.8 Å². The number of aromatic hydroxyl groups is 1. The van der Waals surface area contributed by atoms with E-state index in [-0.39, 0.29) is 24.0 Å². The Balaban J connectivity index is 1.59. The van der Waals surface area contributed by atoms with Gasteiger partial charge in [-0.25, -0.2) is 0 Å². The number of nitrogens with one attached hydrogen (secondary N) is 2. The summed E-state index contributed by atoms with van der Waals surface area (Å²) in [7, 11) is 1.46. The molecule has 3 rings (SSSR count). The van der Waals surface area contributed by atoms with E-state index in [2.05, 4.69) is 20.8 Å². The van der Waals surface area contributed by atoms with E-state index in [0.29, 0.717) is 16.5 Å². The second-order valence-corrected chi connectivity index (χ2v) is 7.87. The van der Waals surface area contributed by atoms with E-state index < -0.39 is 5.25 Å². The van der Waals surface area contributed by atoms with Crippen molar-refractivity contribution in [1.29, 1.82) is 0 Å². The van der Waals surface area contributed by atoms with Gasteiger partial charge in [-0.15, -0.1) is 5.10 Å². The van der Waals surface area contributed by atoms with Gasteiger partial charge in [0.25, 0.3) is 0 Å². The largest absolute Gasteiger partial charge is 0.504 e. The first-order valence-electron chi connectivity index (χ1n) is 9.19. The third kappa shape index (κ3) is 5.18. The molecule has 1 aliphatic rings. The number of benzene rings is 2. The maximum atomic E-state index is 12.4. The van der Waals surface area contributed by atoms with Gasteiger partial charge in [-0.05, 0) is 54.8 Å². The summed E-state index contributed by atoms with van der Waals surface area (Å²) in [5, 5.41) is 22.8. The third-order valence-corrected chi connectivity index (χ3v) is 5.66. The second kappa shape index (κ2) is 9.45. The zero-order valence-electron chi connectivity index (χ0n) is 16.8. The van der Waals surface area contributed by atoms with Crippen LogP contribution in [-0.4, -0.2) is 40.7 Å². The number of thioether (sulfide) groups is 1. The Bertz CT molecular complexity index is 1040. The molecule has 1 unspecified atom stereocenters. The molecule has 3 N–H and O–H groups in total. The summed E-state index contributed by atoms with van der Waals surface area (Å²) in [5.41, 5.74) is 3.50. The second-order valence-electron chi connectivity index (χ2n) is 6.68. The maximum absolute atomic E-state index is 12.4. The number of carbonyl (C=O) groups excluding carboxylic acids is 2. The Morgan fingerprint density at radius 2 is 2.13 bits per heavy atom. The number of amides is 2. The van der Waals surface area contributed by atoms with Crippen molar-refractivity contribution in [3.8, 4) is 11.5 Å². The average Bonchev–Trinajstić information content (AvgIpc) is 3.05. The van der Waals surface area contributed by atoms with Gasteiger partial charge in [0.2, 0.25) is 11.8 Å². The van der Waals surface area contributed by atoms with Crippen LogP contribution in [0.15, 0.2) is 46.6 Å². The highest BCUT2D eigenvalue weighted by atomic mass is 32.2. The number of methoxy groups -OCH3 is 1. The predicted molar refractivity (Wildman–Crippen MR) is 118 cm³/mol. The van der Waals surface area contributed by atoms with Gasteiger partial charge in [-0.1, -0.05) is 23.9 Å². The molecule has 0 aliphatic carbocycles. The summed E-state index contributed by atoms with van der Waals surface area (Å²) in [4.78, 5) is 24.5. The summed E-state index contributed by atoms with van der Waals surface area (Å²) in [6.07, 6.45) is 1.50. The fourth-order valence-electron chi connectivity index (χ4n) is 2.77. The first kappa shape index (κ1) is 21.4. The third-order valence-electron chi connectivity index (χ3n) is 4.59. The number of rotatable bonds is 6. The number of amidine groups is 1. The zero-order valence-corrected chi connectivity index (χ0v) is 17.6. The highest BCUT2D eigenvalue weighted by molar-refractivity contribution is 8.15. The van der Waals surface area contributed by atoms with Crippen molar-refractivity contribution in [2.75, 3.05) is 12.4 Å². The van der Waals surface area contributed by atoms with Gasteiger partial charge in [0.15, 0.2) is 16.7 Å². The number of phenols is 1. The predicted octanol–water partition coefficient (Wildman–Crippen LogP) is 2.97. The molecular weight excluding hydrogens is 404 g/mol. The van der Waals surface area contributed by atoms with Crippen LogP contribution in [0.1, 0.15) is 23.1 Å². The standard InChI is InChI=1S/C21H22N4O4S/c1-12-5-4-6-15(13(12)2)23-19(27)10-18-20(28)24-21(30-18)25-22-11-14-7-8-16(26)17(9-14)29-3/h4-9,11,18,26H,10H2,1-3H3,(H,23,27)(H,24,25,28). The number of nitrogens with zero attached hydrogens (tertiary/aromatic N) is 2. The zero-order chi connectivity index (χ0) is 21.7. The number of aryl methyl sites for hydroxylation is 1. The van der Waals surface area contributed by atoms with Crippen LogP contribution in [0.5, 0.6) is 11.5 Å². The Hall–Kier alpha value is -3.33. The Labute approximate surface area is 178 Å². The van der Waals surface area contributed by atoms with Crippen molar-refractivity contribution < 1.29 is 19.4 Å². The van der Waals surface area contributed by atoms with Crippen LogP contribution < -0.4 is 15.4 Å². The van der Waals surface area contributed by atoms with E-state index in [1.165, 1.54) is 19.4 Å². The minimum atomic E-state index is -0.571. The number of ether oxygens (including phenoxy) is 1. The van der Waals surface area contributed by atoms with Gasteiger partial charge in [0.1, 0.15) is 5.25 Å². The van der Waals surface area contributed by atoms with Crippen LogP contribution in [-0.2, 0) is 9.59 Å². The summed E-state index contributed by atoms with van der Waals surface area (Å²) in [6.45, 7) is 3.91. The Kier molecular flexibility index (Phi) is 6.73. The molecule has 156 valence electrons. The molecular formula is C21H22N4O4S. The maximum Gasteiger partial charge on any atom is 0.240 e. The first-order valence-corrected chi connectivity index (χ1v) is 10.1. The van der Waals surface area contributed by atoms with E-state index in [9.17, 15) is 14.7 Å². The molecule has 0 saturated carbocycles. The molecule has 0 bridgehead atoms. The van der Waals surface area contributed by atoms with Gasteiger partial charge < -0.3 is 20.5 Å². The Morgan fingerprint density at radius 1 is 1.33 bits per heavy atom. The van der Waals surface area contributed by atoms with Gasteiger partial charge >= 0.3 is 0 Å². The van der Waals surface area contributed by atoms with Gasteiger partial charge in [0.05, 0.1) is 13.3 Å². The molecule has 0 spiro atoms. The molecule has 0 aromatic heterocycles. The van der Waals surface area contributed by atoms with E-state index in [0.717, 1.165) is 28.6 Å². The molecule has 2 amide bonds. The van der Waals surface area contributed by atoms with Crippen molar-refractivity contribution >= 4 is 40.6 Å². The molecule has 2 aromatic carbocycles. The number of hydrogen-bond donors (Lipinski definition) is 3. The minimum Gasteiger partial charge on any atom is -0.504 e. The number of hydrogen-bond acceptors (Lipinski definition) is 7. The van der Waals surface area contributed by atoms with Gasteiger partial charge in [-0.3, -0.25) is 9.59 Å². The van der Waals surface area contributed by atoms with Crippen LogP contribution in [0.25, 0.3) is 0 Å². The smallest absolute Gasteiger partial charge is 0.240 e. The van der Waals surface area contributed by atoms with Crippen LogP contribution in [0.4, 0.5) is 5.69 Å². The quantitative estimate of drug-likeness (QED) is 0.486. The van der Waals surface area contributed by atoms with Crippen molar-refractivity contribution in [2.45, 2.75) is 25.5 Å². The van der Waals surface area contributed by atoms with Crippen molar-refractivity contribution in [2.24, 2.45) is 10.2 Å². The lowest BCUT2D eigenvalue weighted by molar-refractivity contribution is -0.122. The van der Waals surface area contributed by atoms with Crippen molar-refractivity contribution in [1.82, 2.24) is 5.32 Å². The average molecular weight is 426 g/mol. The van der Waals surface area contributed by atoms with Crippen molar-refractivity contribution in [3.63, 3.8) is 0 Å². The molecule has 1 saturated heterocycles. The van der Waals surface area contributed by atoms with E-state index in [4.69, 9.17) is 4.74 Å². The molecule has 8 nitrogen and oxygen atoms in total. The highest BCUT2D eigenvalue weighted by Crippen LogP contribution is 2.26. The molecule has 1 heterocycles. The van der Waals surface area contributed by atoms with Crippen LogP contribution in [0.3, 0.4) is 0 Å². The van der Waals surface area contributed by atoms with E-state index >= 15 is 0 Å². The lowest BCUT2D eigenvalue weighted by Gasteiger charge is -2.11. The lowest BCUT2D eigenvalue weighted by atomic mass is 10.1. The number of anilines is 1. The molecule has 0 radical (unpaired) electrons. The summed E-state index contributed by atoms with van der Waals surface area (Å²) < 4.78 is 5.04. The summed E-state index contributed by atoms with van der Waals surface area (Å²) in [6, 6.07) is 10.4. The highest BCUT2D eigenvalue weighted by Gasteiger charge is 2.32. The molecule has 30 heavy (non-hydrogen) atoms. The summed E-state index contributed by atoms with van der Waals surface area (Å²) in [5.74, 6) is -0.166. The van der Waals surface area contributed by atoms with Crippen molar-refractivity contribution in [3.05, 3.63) is 53.1 Å². The SMILES string of the molecule is COc1cc(C=NN=C2NC(=O)C(CC(=O)Nc3cccc(C)c3C)S2)ccc1O. The number of carbonyl (C=O) groups is 2. The summed E-state index contributed by atoms with van der Waals surface area (Å²) >= 11 is 1.16. The first-order chi connectivity index (χ1) is 14.4. The molecule has 2 aromatic rings. The normalized spacial score (nSPS) is 17.4. The van der Waals surface area contributed by atoms with Gasteiger partial charge in [-0.2, -0.15) is 5.10 Å².